The summed E-state index contributed by atoms with van der Waals surface area (Å²) in [6, 6.07) is 6.27. The highest BCUT2D eigenvalue weighted by molar-refractivity contribution is 5.94. The van der Waals surface area contributed by atoms with Gasteiger partial charge in [0.05, 0.1) is 7.11 Å². The number of benzene rings is 1. The van der Waals surface area contributed by atoms with Gasteiger partial charge in [0.1, 0.15) is 11.6 Å². The number of esters is 1. The standard InChI is InChI=1S/C16H16FNO4/c1-9-8-11(5-6-12(9)17)14(16(20)21-3)18-15(19)13-7-4-10(2)22-13/h4-8,14H,1-3H3,(H,18,19). The number of aryl methyl sites for hydroxylation is 2. The van der Waals surface area contributed by atoms with Crippen LogP contribution in [0.4, 0.5) is 4.39 Å². The van der Waals surface area contributed by atoms with E-state index < -0.39 is 17.9 Å². The van der Waals surface area contributed by atoms with E-state index in [1.165, 1.54) is 31.4 Å². The van der Waals surface area contributed by atoms with Gasteiger partial charge in [-0.05, 0) is 43.2 Å². The number of nitrogens with one attached hydrogen (secondary N) is 1. The summed E-state index contributed by atoms with van der Waals surface area (Å²) in [5.41, 5.74) is 0.803. The van der Waals surface area contributed by atoms with Crippen molar-refractivity contribution < 1.29 is 23.1 Å². The zero-order valence-electron chi connectivity index (χ0n) is 12.5. The Morgan fingerprint density at radius 1 is 1.23 bits per heavy atom. The SMILES string of the molecule is COC(=O)C(NC(=O)c1ccc(C)o1)c1ccc(F)c(C)c1. The number of methoxy groups -OCH3 is 1. The number of ether oxygens (including phenoxy) is 1. The summed E-state index contributed by atoms with van der Waals surface area (Å²) in [6.07, 6.45) is 0. The number of carbonyl (C=O) groups is 2. The molecule has 0 aliphatic heterocycles. The predicted molar refractivity (Wildman–Crippen MR) is 76.8 cm³/mol. The third-order valence-corrected chi connectivity index (χ3v) is 3.19. The highest BCUT2D eigenvalue weighted by Crippen LogP contribution is 2.19. The van der Waals surface area contributed by atoms with Crippen molar-refractivity contribution in [2.45, 2.75) is 19.9 Å². The first-order valence-corrected chi connectivity index (χ1v) is 6.63. The Kier molecular flexibility index (Phi) is 4.60. The molecule has 0 spiro atoms. The fourth-order valence-corrected chi connectivity index (χ4v) is 2.00. The van der Waals surface area contributed by atoms with Crippen LogP contribution in [0.1, 0.15) is 33.5 Å². The maximum Gasteiger partial charge on any atom is 0.333 e. The second kappa shape index (κ2) is 6.43. The van der Waals surface area contributed by atoms with E-state index in [0.717, 1.165) is 0 Å². The van der Waals surface area contributed by atoms with Gasteiger partial charge in [0, 0.05) is 0 Å². The summed E-state index contributed by atoms with van der Waals surface area (Å²) in [5.74, 6) is -0.920. The first kappa shape index (κ1) is 15.8. The Morgan fingerprint density at radius 2 is 1.95 bits per heavy atom. The molecule has 6 heteroatoms. The molecule has 1 amide bonds. The lowest BCUT2D eigenvalue weighted by molar-refractivity contribution is -0.143. The van der Waals surface area contributed by atoms with E-state index in [2.05, 4.69) is 5.32 Å². The van der Waals surface area contributed by atoms with Gasteiger partial charge in [-0.1, -0.05) is 12.1 Å². The van der Waals surface area contributed by atoms with E-state index in [1.807, 2.05) is 0 Å². The molecule has 2 rings (SSSR count). The van der Waals surface area contributed by atoms with E-state index in [1.54, 1.807) is 19.9 Å². The van der Waals surface area contributed by atoms with Crippen LogP contribution in [0.15, 0.2) is 34.7 Å². The van der Waals surface area contributed by atoms with Gasteiger partial charge in [-0.2, -0.15) is 0 Å². The Hall–Kier alpha value is -2.63. The van der Waals surface area contributed by atoms with Gasteiger partial charge in [-0.15, -0.1) is 0 Å². The minimum Gasteiger partial charge on any atom is -0.467 e. The quantitative estimate of drug-likeness (QED) is 0.882. The molecule has 0 aliphatic carbocycles. The van der Waals surface area contributed by atoms with Gasteiger partial charge in [0.25, 0.3) is 5.91 Å². The minimum absolute atomic E-state index is 0.0882. The number of halogens is 1. The van der Waals surface area contributed by atoms with Crippen LogP contribution in [0.3, 0.4) is 0 Å². The summed E-state index contributed by atoms with van der Waals surface area (Å²) < 4.78 is 23.3. The molecule has 1 N–H and O–H groups in total. The van der Waals surface area contributed by atoms with Crippen molar-refractivity contribution in [3.8, 4) is 0 Å². The van der Waals surface area contributed by atoms with Crippen molar-refractivity contribution in [2.24, 2.45) is 0 Å². The van der Waals surface area contributed by atoms with Gasteiger partial charge in [0.15, 0.2) is 11.8 Å². The van der Waals surface area contributed by atoms with Gasteiger partial charge in [0.2, 0.25) is 0 Å². The zero-order chi connectivity index (χ0) is 16.3. The maximum absolute atomic E-state index is 13.4. The molecule has 116 valence electrons. The third-order valence-electron chi connectivity index (χ3n) is 3.19. The lowest BCUT2D eigenvalue weighted by Crippen LogP contribution is -2.34. The molecule has 1 heterocycles. The van der Waals surface area contributed by atoms with Crippen LogP contribution in [0.25, 0.3) is 0 Å². The molecule has 0 fully saturated rings. The van der Waals surface area contributed by atoms with Crippen molar-refractivity contribution in [3.63, 3.8) is 0 Å². The van der Waals surface area contributed by atoms with Crippen LogP contribution >= 0.6 is 0 Å². The molecule has 0 aliphatic rings. The molecule has 0 saturated carbocycles. The summed E-state index contributed by atoms with van der Waals surface area (Å²) in [6.45, 7) is 3.28. The second-order valence-electron chi connectivity index (χ2n) is 4.85. The van der Waals surface area contributed by atoms with Crippen molar-refractivity contribution in [2.75, 3.05) is 7.11 Å². The highest BCUT2D eigenvalue weighted by Gasteiger charge is 2.25. The zero-order valence-corrected chi connectivity index (χ0v) is 12.5. The first-order valence-electron chi connectivity index (χ1n) is 6.63. The summed E-state index contributed by atoms with van der Waals surface area (Å²) >= 11 is 0. The normalized spacial score (nSPS) is 11.8. The van der Waals surface area contributed by atoms with E-state index in [4.69, 9.17) is 9.15 Å². The molecule has 1 unspecified atom stereocenters. The Morgan fingerprint density at radius 3 is 2.50 bits per heavy atom. The van der Waals surface area contributed by atoms with Gasteiger partial charge in [-0.25, -0.2) is 9.18 Å². The van der Waals surface area contributed by atoms with Crippen molar-refractivity contribution in [3.05, 3.63) is 58.8 Å². The lowest BCUT2D eigenvalue weighted by atomic mass is 10.0. The van der Waals surface area contributed by atoms with E-state index in [0.29, 0.717) is 16.9 Å². The smallest absolute Gasteiger partial charge is 0.333 e. The number of amides is 1. The number of furan rings is 1. The number of rotatable bonds is 4. The number of hydrogen-bond donors (Lipinski definition) is 1. The monoisotopic (exact) mass is 305 g/mol. The molecule has 22 heavy (non-hydrogen) atoms. The van der Waals surface area contributed by atoms with Crippen LogP contribution in [-0.4, -0.2) is 19.0 Å². The van der Waals surface area contributed by atoms with Crippen LogP contribution in [0, 0.1) is 19.7 Å². The minimum atomic E-state index is -1.04. The first-order chi connectivity index (χ1) is 10.4. The average molecular weight is 305 g/mol. The van der Waals surface area contributed by atoms with Gasteiger partial charge < -0.3 is 14.5 Å². The predicted octanol–water partition coefficient (Wildman–Crippen LogP) is 2.68. The average Bonchev–Trinajstić information content (AvgIpc) is 2.93. The van der Waals surface area contributed by atoms with Crippen molar-refractivity contribution in [1.82, 2.24) is 5.32 Å². The van der Waals surface area contributed by atoms with Crippen LogP contribution < -0.4 is 5.32 Å². The molecular formula is C16H16FNO4. The number of hydrogen-bond acceptors (Lipinski definition) is 4. The molecule has 0 saturated heterocycles. The lowest BCUT2D eigenvalue weighted by Gasteiger charge is -2.17. The second-order valence-corrected chi connectivity index (χ2v) is 4.85. The Labute approximate surface area is 127 Å². The molecular weight excluding hydrogens is 289 g/mol. The molecule has 0 bridgehead atoms. The van der Waals surface area contributed by atoms with Gasteiger partial charge in [-0.3, -0.25) is 4.79 Å². The summed E-state index contributed by atoms with van der Waals surface area (Å²) in [5, 5.41) is 2.53. The summed E-state index contributed by atoms with van der Waals surface area (Å²) in [7, 11) is 1.22. The van der Waals surface area contributed by atoms with E-state index in [9.17, 15) is 14.0 Å². The van der Waals surface area contributed by atoms with E-state index >= 15 is 0 Å². The molecule has 1 aromatic carbocycles. The Balaban J connectivity index is 2.28. The van der Waals surface area contributed by atoms with Crippen molar-refractivity contribution >= 4 is 11.9 Å². The number of carbonyl (C=O) groups excluding carboxylic acids is 2. The third kappa shape index (κ3) is 3.33. The molecule has 5 nitrogen and oxygen atoms in total. The molecule has 1 aromatic heterocycles. The molecule has 0 radical (unpaired) electrons. The maximum atomic E-state index is 13.4. The molecule has 2 aromatic rings. The Bertz CT molecular complexity index is 708. The van der Waals surface area contributed by atoms with Crippen LogP contribution in [0.2, 0.25) is 0 Å². The van der Waals surface area contributed by atoms with Crippen LogP contribution in [-0.2, 0) is 9.53 Å². The fraction of sp³-hybridized carbons (Fsp3) is 0.250. The molecule has 1 atom stereocenters. The van der Waals surface area contributed by atoms with E-state index in [-0.39, 0.29) is 11.6 Å². The topological polar surface area (TPSA) is 68.5 Å². The largest absolute Gasteiger partial charge is 0.467 e. The van der Waals surface area contributed by atoms with Gasteiger partial charge >= 0.3 is 5.97 Å². The summed E-state index contributed by atoms with van der Waals surface area (Å²) in [4.78, 5) is 24.0. The van der Waals surface area contributed by atoms with Crippen molar-refractivity contribution in [1.29, 1.82) is 0 Å². The van der Waals surface area contributed by atoms with Crippen LogP contribution in [0.5, 0.6) is 0 Å². The highest BCUT2D eigenvalue weighted by atomic mass is 19.1. The fourth-order valence-electron chi connectivity index (χ4n) is 2.00.